The number of ether oxygens (including phenoxy) is 1. The first-order chi connectivity index (χ1) is 12.1. The summed E-state index contributed by atoms with van der Waals surface area (Å²) in [4.78, 5) is 26.1. The number of urea groups is 1. The summed E-state index contributed by atoms with van der Waals surface area (Å²) in [5.41, 5.74) is 1.98. The van der Waals surface area contributed by atoms with Crippen molar-refractivity contribution in [3.63, 3.8) is 0 Å². The van der Waals surface area contributed by atoms with Gasteiger partial charge in [-0.1, -0.05) is 17.7 Å². The molecule has 0 aromatic heterocycles. The van der Waals surface area contributed by atoms with Crippen molar-refractivity contribution in [2.45, 2.75) is 32.6 Å². The zero-order valence-electron chi connectivity index (χ0n) is 15.2. The Balaban J connectivity index is 1.74. The van der Waals surface area contributed by atoms with E-state index in [0.717, 1.165) is 31.5 Å². The van der Waals surface area contributed by atoms with E-state index in [0.29, 0.717) is 32.0 Å². The van der Waals surface area contributed by atoms with Crippen LogP contribution in [0.25, 0.3) is 0 Å². The van der Waals surface area contributed by atoms with Crippen molar-refractivity contribution in [3.8, 4) is 0 Å². The number of piperidine rings is 1. The molecule has 3 amide bonds. The highest BCUT2D eigenvalue weighted by Gasteiger charge is 2.24. The Labute approximate surface area is 149 Å². The maximum atomic E-state index is 12.4. The van der Waals surface area contributed by atoms with Crippen LogP contribution in [0.2, 0.25) is 0 Å². The lowest BCUT2D eigenvalue weighted by atomic mass is 9.93. The lowest BCUT2D eigenvalue weighted by Gasteiger charge is -2.32. The molecule has 1 aromatic rings. The highest BCUT2D eigenvalue weighted by atomic mass is 16.5. The van der Waals surface area contributed by atoms with Crippen molar-refractivity contribution >= 4 is 17.6 Å². The summed E-state index contributed by atoms with van der Waals surface area (Å²) < 4.78 is 4.92. The third-order valence-electron chi connectivity index (χ3n) is 4.52. The van der Waals surface area contributed by atoms with Crippen molar-refractivity contribution in [2.75, 3.05) is 38.7 Å². The third kappa shape index (κ3) is 6.74. The van der Waals surface area contributed by atoms with Gasteiger partial charge in [-0.15, -0.1) is 0 Å². The van der Waals surface area contributed by atoms with Crippen LogP contribution in [-0.4, -0.2) is 50.2 Å². The SMILES string of the molecule is COCCNC(=O)CC[C@@H]1CCCN(C(=O)Nc2ccc(C)cc2)C1. The zero-order valence-corrected chi connectivity index (χ0v) is 15.2. The second-order valence-corrected chi connectivity index (χ2v) is 6.63. The van der Waals surface area contributed by atoms with Gasteiger partial charge in [0.05, 0.1) is 6.61 Å². The van der Waals surface area contributed by atoms with Gasteiger partial charge in [0.2, 0.25) is 5.91 Å². The third-order valence-corrected chi connectivity index (χ3v) is 4.52. The van der Waals surface area contributed by atoms with E-state index in [4.69, 9.17) is 4.74 Å². The monoisotopic (exact) mass is 347 g/mol. The van der Waals surface area contributed by atoms with Gasteiger partial charge in [0.1, 0.15) is 0 Å². The average molecular weight is 347 g/mol. The second kappa shape index (κ2) is 10.0. The quantitative estimate of drug-likeness (QED) is 0.745. The molecular weight excluding hydrogens is 318 g/mol. The van der Waals surface area contributed by atoms with E-state index in [1.807, 2.05) is 36.1 Å². The maximum absolute atomic E-state index is 12.4. The number of aryl methyl sites for hydroxylation is 1. The van der Waals surface area contributed by atoms with Crippen molar-refractivity contribution in [2.24, 2.45) is 5.92 Å². The molecule has 1 aliphatic rings. The zero-order chi connectivity index (χ0) is 18.1. The number of amides is 3. The Morgan fingerprint density at radius 3 is 2.76 bits per heavy atom. The van der Waals surface area contributed by atoms with Gasteiger partial charge in [0.25, 0.3) is 0 Å². The normalized spacial score (nSPS) is 17.2. The van der Waals surface area contributed by atoms with E-state index in [2.05, 4.69) is 10.6 Å². The second-order valence-electron chi connectivity index (χ2n) is 6.63. The molecule has 2 N–H and O–H groups in total. The molecule has 0 bridgehead atoms. The number of methoxy groups -OCH3 is 1. The van der Waals surface area contributed by atoms with E-state index >= 15 is 0 Å². The summed E-state index contributed by atoms with van der Waals surface area (Å²) in [6, 6.07) is 7.74. The molecule has 6 nitrogen and oxygen atoms in total. The van der Waals surface area contributed by atoms with Crippen LogP contribution in [0.1, 0.15) is 31.2 Å². The fraction of sp³-hybridized carbons (Fsp3) is 0.579. The highest BCUT2D eigenvalue weighted by molar-refractivity contribution is 5.89. The predicted octanol–water partition coefficient (Wildman–Crippen LogP) is 2.78. The Morgan fingerprint density at radius 2 is 2.04 bits per heavy atom. The number of likely N-dealkylation sites (tertiary alicyclic amines) is 1. The van der Waals surface area contributed by atoms with Gasteiger partial charge in [-0.3, -0.25) is 4.79 Å². The molecular formula is C19H29N3O3. The van der Waals surface area contributed by atoms with Gasteiger partial charge in [-0.25, -0.2) is 4.79 Å². The number of hydrogen-bond donors (Lipinski definition) is 2. The molecule has 2 rings (SSSR count). The van der Waals surface area contributed by atoms with E-state index in [1.165, 1.54) is 5.56 Å². The van der Waals surface area contributed by atoms with Gasteiger partial charge in [-0.2, -0.15) is 0 Å². The molecule has 25 heavy (non-hydrogen) atoms. The molecule has 0 saturated carbocycles. The smallest absolute Gasteiger partial charge is 0.321 e. The van der Waals surface area contributed by atoms with E-state index < -0.39 is 0 Å². The summed E-state index contributed by atoms with van der Waals surface area (Å²) in [5, 5.41) is 5.79. The number of nitrogens with one attached hydrogen (secondary N) is 2. The molecule has 0 unspecified atom stereocenters. The first kappa shape index (κ1) is 19.2. The number of carbonyl (C=O) groups excluding carboxylic acids is 2. The predicted molar refractivity (Wildman–Crippen MR) is 98.6 cm³/mol. The van der Waals surface area contributed by atoms with Crippen LogP contribution in [0.4, 0.5) is 10.5 Å². The Hall–Kier alpha value is -2.08. The van der Waals surface area contributed by atoms with Crippen molar-refractivity contribution < 1.29 is 14.3 Å². The summed E-state index contributed by atoms with van der Waals surface area (Å²) in [6.45, 7) is 4.58. The van der Waals surface area contributed by atoms with Crippen LogP contribution < -0.4 is 10.6 Å². The molecule has 1 heterocycles. The summed E-state index contributed by atoms with van der Waals surface area (Å²) in [7, 11) is 1.62. The van der Waals surface area contributed by atoms with Crippen LogP contribution >= 0.6 is 0 Å². The van der Waals surface area contributed by atoms with Crippen LogP contribution in [0.15, 0.2) is 24.3 Å². The first-order valence-corrected chi connectivity index (χ1v) is 8.96. The standard InChI is InChI=1S/C19H29N3O3/c1-15-5-8-17(9-6-15)21-19(24)22-12-3-4-16(14-22)7-10-18(23)20-11-13-25-2/h5-6,8-9,16H,3-4,7,10-14H2,1-2H3,(H,20,23)(H,21,24)/t16-/m0/s1. The van der Waals surface area contributed by atoms with E-state index in [-0.39, 0.29) is 11.9 Å². The number of nitrogens with zero attached hydrogens (tertiary/aromatic N) is 1. The maximum Gasteiger partial charge on any atom is 0.321 e. The fourth-order valence-corrected chi connectivity index (χ4v) is 3.04. The van der Waals surface area contributed by atoms with Crippen LogP contribution in [0, 0.1) is 12.8 Å². The van der Waals surface area contributed by atoms with Crippen LogP contribution in [-0.2, 0) is 9.53 Å². The summed E-state index contributed by atoms with van der Waals surface area (Å²) in [6.07, 6.45) is 3.37. The van der Waals surface area contributed by atoms with Crippen molar-refractivity contribution in [1.82, 2.24) is 10.2 Å². The van der Waals surface area contributed by atoms with Gasteiger partial charge < -0.3 is 20.3 Å². The number of rotatable bonds is 7. The van der Waals surface area contributed by atoms with Gasteiger partial charge in [0.15, 0.2) is 0 Å². The lowest BCUT2D eigenvalue weighted by Crippen LogP contribution is -2.42. The van der Waals surface area contributed by atoms with Gasteiger partial charge in [0, 0.05) is 38.9 Å². The van der Waals surface area contributed by atoms with Crippen LogP contribution in [0.5, 0.6) is 0 Å². The van der Waals surface area contributed by atoms with Crippen molar-refractivity contribution in [3.05, 3.63) is 29.8 Å². The minimum absolute atomic E-state index is 0.0540. The van der Waals surface area contributed by atoms with E-state index in [1.54, 1.807) is 7.11 Å². The largest absolute Gasteiger partial charge is 0.383 e. The average Bonchev–Trinajstić information content (AvgIpc) is 2.62. The lowest BCUT2D eigenvalue weighted by molar-refractivity contribution is -0.121. The molecule has 0 radical (unpaired) electrons. The minimum Gasteiger partial charge on any atom is -0.383 e. The highest BCUT2D eigenvalue weighted by Crippen LogP contribution is 2.22. The summed E-state index contributed by atoms with van der Waals surface area (Å²) >= 11 is 0. The molecule has 1 atom stereocenters. The first-order valence-electron chi connectivity index (χ1n) is 8.96. The Kier molecular flexibility index (Phi) is 7.73. The number of hydrogen-bond acceptors (Lipinski definition) is 3. The minimum atomic E-state index is -0.0573. The number of anilines is 1. The molecule has 0 aliphatic carbocycles. The number of benzene rings is 1. The van der Waals surface area contributed by atoms with E-state index in [9.17, 15) is 9.59 Å². The Bertz CT molecular complexity index is 560. The van der Waals surface area contributed by atoms with Gasteiger partial charge in [-0.05, 0) is 44.2 Å². The topological polar surface area (TPSA) is 70.7 Å². The molecule has 0 spiro atoms. The number of carbonyl (C=O) groups is 2. The molecule has 1 aliphatic heterocycles. The van der Waals surface area contributed by atoms with Crippen molar-refractivity contribution in [1.29, 1.82) is 0 Å². The molecule has 1 saturated heterocycles. The Morgan fingerprint density at radius 1 is 1.28 bits per heavy atom. The fourth-order valence-electron chi connectivity index (χ4n) is 3.04. The molecule has 1 fully saturated rings. The summed E-state index contributed by atoms with van der Waals surface area (Å²) in [5.74, 6) is 0.434. The molecule has 6 heteroatoms. The van der Waals surface area contributed by atoms with Gasteiger partial charge >= 0.3 is 6.03 Å². The van der Waals surface area contributed by atoms with Crippen LogP contribution in [0.3, 0.4) is 0 Å². The molecule has 138 valence electrons. The molecule has 1 aromatic carbocycles.